The predicted octanol–water partition coefficient (Wildman–Crippen LogP) is 2.76. The highest BCUT2D eigenvalue weighted by molar-refractivity contribution is 5.78. The van der Waals surface area contributed by atoms with E-state index in [4.69, 9.17) is 14.9 Å². The van der Waals surface area contributed by atoms with Gasteiger partial charge in [0.15, 0.2) is 11.5 Å². The van der Waals surface area contributed by atoms with Gasteiger partial charge in [-0.2, -0.15) is 13.2 Å². The molecule has 0 amide bonds. The van der Waals surface area contributed by atoms with Crippen LogP contribution in [0.25, 0.3) is 0 Å². The number of halogens is 3. The molecule has 0 aliphatic rings. The van der Waals surface area contributed by atoms with Gasteiger partial charge in [0.05, 0.1) is 14.2 Å². The summed E-state index contributed by atoms with van der Waals surface area (Å²) in [5.74, 6) is -0.874. The van der Waals surface area contributed by atoms with Crippen molar-refractivity contribution >= 4 is 5.90 Å². The summed E-state index contributed by atoms with van der Waals surface area (Å²) in [4.78, 5) is 0. The highest BCUT2D eigenvalue weighted by Gasteiger charge is 2.36. The Labute approximate surface area is 102 Å². The average Bonchev–Trinajstić information content (AvgIpc) is 2.34. The molecule has 0 heterocycles. The van der Waals surface area contributed by atoms with Gasteiger partial charge in [0.25, 0.3) is 5.90 Å². The number of ether oxygens (including phenoxy) is 3. The predicted molar refractivity (Wildman–Crippen MR) is 58.1 cm³/mol. The van der Waals surface area contributed by atoms with E-state index in [9.17, 15) is 13.2 Å². The van der Waals surface area contributed by atoms with E-state index >= 15 is 0 Å². The Bertz CT molecular complexity index is 432. The van der Waals surface area contributed by atoms with E-state index < -0.39 is 12.1 Å². The van der Waals surface area contributed by atoms with Gasteiger partial charge in [-0.05, 0) is 17.7 Å². The fourth-order valence-corrected chi connectivity index (χ4v) is 1.21. The first-order valence-corrected chi connectivity index (χ1v) is 4.88. The van der Waals surface area contributed by atoms with Crippen molar-refractivity contribution in [1.29, 1.82) is 5.41 Å². The van der Waals surface area contributed by atoms with E-state index in [2.05, 4.69) is 4.74 Å². The summed E-state index contributed by atoms with van der Waals surface area (Å²) in [6.07, 6.45) is -4.77. The van der Waals surface area contributed by atoms with Crippen LogP contribution in [0.15, 0.2) is 18.2 Å². The van der Waals surface area contributed by atoms with Gasteiger partial charge in [0.1, 0.15) is 6.61 Å². The Balaban J connectivity index is 2.72. The Morgan fingerprint density at radius 2 is 1.78 bits per heavy atom. The molecule has 0 radical (unpaired) electrons. The summed E-state index contributed by atoms with van der Waals surface area (Å²) in [5, 5.41) is 6.66. The maximum atomic E-state index is 12.0. The molecule has 100 valence electrons. The van der Waals surface area contributed by atoms with Crippen molar-refractivity contribution in [3.05, 3.63) is 23.8 Å². The maximum absolute atomic E-state index is 12.0. The van der Waals surface area contributed by atoms with Crippen molar-refractivity contribution in [1.82, 2.24) is 0 Å². The third-order valence-electron chi connectivity index (χ3n) is 2.09. The lowest BCUT2D eigenvalue weighted by molar-refractivity contribution is -0.0804. The maximum Gasteiger partial charge on any atom is 0.467 e. The van der Waals surface area contributed by atoms with Crippen LogP contribution < -0.4 is 9.47 Å². The zero-order chi connectivity index (χ0) is 13.8. The molecule has 0 fully saturated rings. The number of alkyl halides is 3. The first kappa shape index (κ1) is 14.1. The Morgan fingerprint density at radius 3 is 2.28 bits per heavy atom. The summed E-state index contributed by atoms with van der Waals surface area (Å²) in [6, 6.07) is 4.57. The summed E-state index contributed by atoms with van der Waals surface area (Å²) in [7, 11) is 2.87. The standard InChI is InChI=1S/C11H12F3NO3/c1-16-8-4-3-7(5-9(8)17-2)6-18-10(15)11(12,13)14/h3-5,15H,6H2,1-2H3. The number of hydrogen-bond acceptors (Lipinski definition) is 4. The minimum Gasteiger partial charge on any atom is -0.493 e. The van der Waals surface area contributed by atoms with Crippen LogP contribution in [0.2, 0.25) is 0 Å². The molecule has 1 rings (SSSR count). The van der Waals surface area contributed by atoms with E-state index in [1.165, 1.54) is 26.4 Å². The molecule has 0 aliphatic heterocycles. The van der Waals surface area contributed by atoms with Crippen molar-refractivity contribution in [2.24, 2.45) is 0 Å². The molecule has 0 spiro atoms. The highest BCUT2D eigenvalue weighted by Crippen LogP contribution is 2.28. The van der Waals surface area contributed by atoms with E-state index in [0.717, 1.165) is 0 Å². The third kappa shape index (κ3) is 3.54. The lowest BCUT2D eigenvalue weighted by Crippen LogP contribution is -2.24. The number of methoxy groups -OCH3 is 2. The second kappa shape index (κ2) is 5.61. The molecular formula is C11H12F3NO3. The van der Waals surface area contributed by atoms with Gasteiger partial charge < -0.3 is 14.2 Å². The van der Waals surface area contributed by atoms with Gasteiger partial charge in [0, 0.05) is 0 Å². The van der Waals surface area contributed by atoms with Gasteiger partial charge in [-0.3, -0.25) is 5.41 Å². The van der Waals surface area contributed by atoms with Gasteiger partial charge in [0.2, 0.25) is 0 Å². The van der Waals surface area contributed by atoms with Gasteiger partial charge in [-0.15, -0.1) is 0 Å². The lowest BCUT2D eigenvalue weighted by Gasteiger charge is -2.12. The molecule has 18 heavy (non-hydrogen) atoms. The second-order valence-electron chi connectivity index (χ2n) is 3.30. The highest BCUT2D eigenvalue weighted by atomic mass is 19.4. The van der Waals surface area contributed by atoms with Gasteiger partial charge in [-0.25, -0.2) is 0 Å². The Hall–Kier alpha value is -1.92. The molecule has 1 N–H and O–H groups in total. The number of benzene rings is 1. The summed E-state index contributed by atoms with van der Waals surface area (Å²) >= 11 is 0. The minimum absolute atomic E-state index is 0.362. The van der Waals surface area contributed by atoms with Crippen LogP contribution in [0.1, 0.15) is 5.56 Å². The molecule has 4 nitrogen and oxygen atoms in total. The number of rotatable bonds is 4. The Morgan fingerprint density at radius 1 is 1.17 bits per heavy atom. The first-order valence-electron chi connectivity index (χ1n) is 4.88. The SMILES string of the molecule is COc1ccc(COC(=N)C(F)(F)F)cc1OC. The molecule has 0 aromatic heterocycles. The molecule has 0 atom stereocenters. The third-order valence-corrected chi connectivity index (χ3v) is 2.09. The molecule has 0 saturated heterocycles. The fourth-order valence-electron chi connectivity index (χ4n) is 1.21. The summed E-state index contributed by atoms with van der Waals surface area (Å²) in [6.45, 7) is -0.362. The molecule has 1 aromatic rings. The minimum atomic E-state index is -4.77. The van der Waals surface area contributed by atoms with Crippen molar-refractivity contribution in [2.75, 3.05) is 14.2 Å². The molecule has 1 aromatic carbocycles. The molecular weight excluding hydrogens is 251 g/mol. The van der Waals surface area contributed by atoms with Gasteiger partial charge in [-0.1, -0.05) is 6.07 Å². The second-order valence-corrected chi connectivity index (χ2v) is 3.30. The van der Waals surface area contributed by atoms with E-state index in [1.54, 1.807) is 6.07 Å². The van der Waals surface area contributed by atoms with E-state index in [-0.39, 0.29) is 6.61 Å². The van der Waals surface area contributed by atoms with E-state index in [0.29, 0.717) is 17.1 Å². The average molecular weight is 263 g/mol. The van der Waals surface area contributed by atoms with Crippen molar-refractivity contribution < 1.29 is 27.4 Å². The monoisotopic (exact) mass is 263 g/mol. The summed E-state index contributed by atoms with van der Waals surface area (Å²) in [5.41, 5.74) is 0.446. The number of hydrogen-bond donors (Lipinski definition) is 1. The van der Waals surface area contributed by atoms with Crippen molar-refractivity contribution in [2.45, 2.75) is 12.8 Å². The van der Waals surface area contributed by atoms with Crippen LogP contribution in [-0.4, -0.2) is 26.3 Å². The van der Waals surface area contributed by atoms with Crippen molar-refractivity contribution in [3.63, 3.8) is 0 Å². The molecule has 0 bridgehead atoms. The number of nitrogens with one attached hydrogen (secondary N) is 1. The van der Waals surface area contributed by atoms with Crippen LogP contribution in [0.3, 0.4) is 0 Å². The molecule has 7 heteroatoms. The molecule has 0 unspecified atom stereocenters. The van der Waals surface area contributed by atoms with Crippen LogP contribution in [-0.2, 0) is 11.3 Å². The van der Waals surface area contributed by atoms with Crippen LogP contribution in [0.4, 0.5) is 13.2 Å². The topological polar surface area (TPSA) is 51.5 Å². The van der Waals surface area contributed by atoms with E-state index in [1.807, 2.05) is 0 Å². The lowest BCUT2D eigenvalue weighted by atomic mass is 10.2. The smallest absolute Gasteiger partial charge is 0.467 e. The molecule has 0 saturated carbocycles. The quantitative estimate of drug-likeness (QED) is 0.671. The normalized spacial score (nSPS) is 10.9. The van der Waals surface area contributed by atoms with Crippen LogP contribution in [0.5, 0.6) is 11.5 Å². The van der Waals surface area contributed by atoms with Crippen LogP contribution in [0, 0.1) is 5.41 Å². The zero-order valence-corrected chi connectivity index (χ0v) is 9.80. The largest absolute Gasteiger partial charge is 0.493 e. The Kier molecular flexibility index (Phi) is 4.41. The molecule has 0 aliphatic carbocycles. The zero-order valence-electron chi connectivity index (χ0n) is 9.80. The van der Waals surface area contributed by atoms with Crippen LogP contribution >= 0.6 is 0 Å². The summed E-state index contributed by atoms with van der Waals surface area (Å²) < 4.78 is 50.4. The first-order chi connectivity index (χ1) is 8.38. The van der Waals surface area contributed by atoms with Gasteiger partial charge >= 0.3 is 6.18 Å². The fraction of sp³-hybridized carbons (Fsp3) is 0.364. The van der Waals surface area contributed by atoms with Crippen molar-refractivity contribution in [3.8, 4) is 11.5 Å².